The number of aliphatic carboxylic acids is 1. The Morgan fingerprint density at radius 3 is 2.35 bits per heavy atom. The van der Waals surface area contributed by atoms with Crippen molar-refractivity contribution in [3.8, 4) is 0 Å². The van der Waals surface area contributed by atoms with Crippen LogP contribution in [0.1, 0.15) is 39.4 Å². The third kappa shape index (κ3) is 3.06. The van der Waals surface area contributed by atoms with Crippen molar-refractivity contribution in [3.05, 3.63) is 15.8 Å². The molecule has 0 radical (unpaired) electrons. The molecule has 0 aromatic carbocycles. The molecular formula is C12H20N4O4. The van der Waals surface area contributed by atoms with Crippen LogP contribution in [0.4, 0.5) is 11.5 Å². The van der Waals surface area contributed by atoms with Gasteiger partial charge in [0.2, 0.25) is 5.82 Å². The Bertz CT molecular complexity index is 522. The lowest BCUT2D eigenvalue weighted by molar-refractivity contribution is -0.384. The third-order valence-corrected chi connectivity index (χ3v) is 2.90. The van der Waals surface area contributed by atoms with Crippen molar-refractivity contribution in [1.29, 1.82) is 0 Å². The topological polar surface area (TPSA) is 102 Å². The number of hydrogen-bond donors (Lipinski definition) is 1. The van der Waals surface area contributed by atoms with Gasteiger partial charge in [-0.25, -0.2) is 4.68 Å². The van der Waals surface area contributed by atoms with Gasteiger partial charge in [-0.3, -0.25) is 14.9 Å². The summed E-state index contributed by atoms with van der Waals surface area (Å²) in [6, 6.07) is -0.300. The Morgan fingerprint density at radius 2 is 2.00 bits per heavy atom. The number of aryl methyl sites for hydroxylation is 1. The average molecular weight is 284 g/mol. The third-order valence-electron chi connectivity index (χ3n) is 2.90. The maximum atomic E-state index is 11.3. The van der Waals surface area contributed by atoms with Gasteiger partial charge >= 0.3 is 11.7 Å². The number of hydrogen-bond acceptors (Lipinski definition) is 5. The number of carbonyl (C=O) groups is 1. The average Bonchev–Trinajstić information content (AvgIpc) is 2.62. The molecule has 112 valence electrons. The minimum absolute atomic E-state index is 0.104. The Morgan fingerprint density at radius 1 is 1.45 bits per heavy atom. The minimum Gasteiger partial charge on any atom is -0.480 e. The zero-order valence-corrected chi connectivity index (χ0v) is 12.3. The first-order valence-electron chi connectivity index (χ1n) is 6.38. The Labute approximate surface area is 117 Å². The van der Waals surface area contributed by atoms with Crippen LogP contribution in [0.15, 0.2) is 0 Å². The molecule has 0 aliphatic heterocycles. The Hall–Kier alpha value is -2.12. The second-order valence-electron chi connectivity index (χ2n) is 5.17. The van der Waals surface area contributed by atoms with Gasteiger partial charge in [0, 0.05) is 12.1 Å². The molecule has 0 atom stereocenters. The molecular weight excluding hydrogens is 264 g/mol. The predicted octanol–water partition coefficient (Wildman–Crippen LogP) is 1.98. The van der Waals surface area contributed by atoms with Gasteiger partial charge < -0.3 is 10.0 Å². The summed E-state index contributed by atoms with van der Waals surface area (Å²) in [7, 11) is 0. The van der Waals surface area contributed by atoms with E-state index in [2.05, 4.69) is 5.10 Å². The Balaban J connectivity index is 3.51. The van der Waals surface area contributed by atoms with Crippen molar-refractivity contribution in [2.45, 2.75) is 46.7 Å². The monoisotopic (exact) mass is 284 g/mol. The van der Waals surface area contributed by atoms with Crippen LogP contribution in [-0.2, 0) is 4.79 Å². The second-order valence-corrected chi connectivity index (χ2v) is 5.17. The van der Waals surface area contributed by atoms with E-state index in [0.29, 0.717) is 0 Å². The Kier molecular flexibility index (Phi) is 4.69. The van der Waals surface area contributed by atoms with Gasteiger partial charge in [0.25, 0.3) is 0 Å². The van der Waals surface area contributed by atoms with Crippen molar-refractivity contribution in [2.75, 3.05) is 11.4 Å². The van der Waals surface area contributed by atoms with Crippen LogP contribution in [-0.4, -0.2) is 38.4 Å². The van der Waals surface area contributed by atoms with Crippen LogP contribution in [0.2, 0.25) is 0 Å². The molecule has 1 rings (SSSR count). The van der Waals surface area contributed by atoms with Crippen molar-refractivity contribution < 1.29 is 14.8 Å². The SMILES string of the molecule is Cc1nn(C(C)C)c(N(CC(=O)O)C(C)C)c1[N+](=O)[O-]. The molecule has 1 N–H and O–H groups in total. The van der Waals surface area contributed by atoms with E-state index in [9.17, 15) is 14.9 Å². The highest BCUT2D eigenvalue weighted by Crippen LogP contribution is 2.34. The molecule has 1 aromatic heterocycles. The van der Waals surface area contributed by atoms with Crippen LogP contribution in [0.3, 0.4) is 0 Å². The first kappa shape index (κ1) is 15.9. The summed E-state index contributed by atoms with van der Waals surface area (Å²) in [5.74, 6) is -0.790. The number of nitrogens with zero attached hydrogens (tertiary/aromatic N) is 4. The molecule has 0 amide bonds. The molecule has 20 heavy (non-hydrogen) atoms. The minimum atomic E-state index is -1.04. The molecule has 0 aliphatic carbocycles. The number of nitro groups is 1. The molecule has 0 fully saturated rings. The van der Waals surface area contributed by atoms with Crippen molar-refractivity contribution >= 4 is 17.5 Å². The number of carboxylic acids is 1. The maximum absolute atomic E-state index is 11.3. The van der Waals surface area contributed by atoms with E-state index in [0.717, 1.165) is 0 Å². The van der Waals surface area contributed by atoms with Gasteiger partial charge in [-0.2, -0.15) is 5.10 Å². The fourth-order valence-corrected chi connectivity index (χ4v) is 2.02. The molecule has 0 saturated heterocycles. The lowest BCUT2D eigenvalue weighted by Crippen LogP contribution is -2.37. The van der Waals surface area contributed by atoms with E-state index in [1.165, 1.54) is 9.58 Å². The summed E-state index contributed by atoms with van der Waals surface area (Å²) in [4.78, 5) is 23.3. The number of rotatable bonds is 6. The molecule has 0 aliphatic rings. The molecule has 0 bridgehead atoms. The smallest absolute Gasteiger partial charge is 0.333 e. The summed E-state index contributed by atoms with van der Waals surface area (Å²) >= 11 is 0. The second kappa shape index (κ2) is 5.89. The van der Waals surface area contributed by atoms with Gasteiger partial charge in [0.15, 0.2) is 0 Å². The fraction of sp³-hybridized carbons (Fsp3) is 0.667. The fourth-order valence-electron chi connectivity index (χ4n) is 2.02. The van der Waals surface area contributed by atoms with E-state index >= 15 is 0 Å². The maximum Gasteiger partial charge on any atom is 0.333 e. The number of aromatic nitrogens is 2. The van der Waals surface area contributed by atoms with Crippen LogP contribution >= 0.6 is 0 Å². The van der Waals surface area contributed by atoms with Gasteiger partial charge in [-0.05, 0) is 34.6 Å². The molecule has 8 nitrogen and oxygen atoms in total. The summed E-state index contributed by atoms with van der Waals surface area (Å²) in [6.07, 6.45) is 0. The van der Waals surface area contributed by atoms with E-state index in [1.54, 1.807) is 20.8 Å². The predicted molar refractivity (Wildman–Crippen MR) is 74.1 cm³/mol. The normalized spacial score (nSPS) is 11.2. The summed E-state index contributed by atoms with van der Waals surface area (Å²) in [6.45, 7) is 8.52. The summed E-state index contributed by atoms with van der Waals surface area (Å²) in [5.41, 5.74) is 0.156. The first-order valence-corrected chi connectivity index (χ1v) is 6.38. The lowest BCUT2D eigenvalue weighted by Gasteiger charge is -2.27. The molecule has 0 unspecified atom stereocenters. The zero-order valence-electron chi connectivity index (χ0n) is 12.3. The van der Waals surface area contributed by atoms with Gasteiger partial charge in [0.05, 0.1) is 4.92 Å². The van der Waals surface area contributed by atoms with Crippen LogP contribution < -0.4 is 4.90 Å². The van der Waals surface area contributed by atoms with Crippen molar-refractivity contribution in [1.82, 2.24) is 9.78 Å². The van der Waals surface area contributed by atoms with E-state index in [1.807, 2.05) is 13.8 Å². The van der Waals surface area contributed by atoms with Crippen LogP contribution in [0.25, 0.3) is 0 Å². The number of anilines is 1. The van der Waals surface area contributed by atoms with Crippen molar-refractivity contribution in [3.63, 3.8) is 0 Å². The quantitative estimate of drug-likeness (QED) is 0.633. The van der Waals surface area contributed by atoms with Gasteiger partial charge in [-0.1, -0.05) is 0 Å². The van der Waals surface area contributed by atoms with E-state index in [4.69, 9.17) is 5.11 Å². The first-order chi connectivity index (χ1) is 9.16. The van der Waals surface area contributed by atoms with Gasteiger partial charge in [0.1, 0.15) is 12.2 Å². The summed E-state index contributed by atoms with van der Waals surface area (Å²) < 4.78 is 1.51. The highest BCUT2D eigenvalue weighted by molar-refractivity contribution is 5.75. The molecule has 1 heterocycles. The summed E-state index contributed by atoms with van der Waals surface area (Å²) in [5, 5.41) is 24.5. The zero-order chi connectivity index (χ0) is 15.6. The van der Waals surface area contributed by atoms with Crippen LogP contribution in [0, 0.1) is 17.0 Å². The molecule has 8 heteroatoms. The highest BCUT2D eigenvalue weighted by Gasteiger charge is 2.32. The largest absolute Gasteiger partial charge is 0.480 e. The highest BCUT2D eigenvalue weighted by atomic mass is 16.6. The lowest BCUT2D eigenvalue weighted by atomic mass is 10.2. The molecule has 1 aromatic rings. The number of carboxylic acid groups (broad SMARTS) is 1. The molecule has 0 spiro atoms. The van der Waals surface area contributed by atoms with E-state index in [-0.39, 0.29) is 35.8 Å². The van der Waals surface area contributed by atoms with Crippen LogP contribution in [0.5, 0.6) is 0 Å². The standard InChI is InChI=1S/C12H20N4O4/c1-7(2)14(6-10(17)18)12-11(16(19)20)9(5)13-15(12)8(3)4/h7-8H,6H2,1-5H3,(H,17,18). The van der Waals surface area contributed by atoms with E-state index < -0.39 is 10.9 Å². The van der Waals surface area contributed by atoms with Gasteiger partial charge in [-0.15, -0.1) is 0 Å². The molecule has 0 saturated carbocycles. The van der Waals surface area contributed by atoms with Crippen molar-refractivity contribution in [2.24, 2.45) is 0 Å².